The summed E-state index contributed by atoms with van der Waals surface area (Å²) >= 11 is 6.61. The van der Waals surface area contributed by atoms with Gasteiger partial charge in [-0.25, -0.2) is 0 Å². The zero-order valence-electron chi connectivity index (χ0n) is 9.16. The first-order chi connectivity index (χ1) is 7.55. The fourth-order valence-electron chi connectivity index (χ4n) is 4.63. The number of rotatable bonds is 2. The van der Waals surface area contributed by atoms with E-state index in [0.717, 1.165) is 38.3 Å². The smallest absolute Gasteiger partial charge is 0.323 e. The molecule has 0 aliphatic heterocycles. The van der Waals surface area contributed by atoms with Crippen LogP contribution in [0.3, 0.4) is 0 Å². The van der Waals surface area contributed by atoms with Gasteiger partial charge in [0, 0.05) is 10.3 Å². The minimum absolute atomic E-state index is 0.0193. The molecule has 0 saturated heterocycles. The van der Waals surface area contributed by atoms with Crippen LogP contribution in [0.2, 0.25) is 0 Å². The van der Waals surface area contributed by atoms with Crippen LogP contribution in [-0.4, -0.2) is 21.7 Å². The van der Waals surface area contributed by atoms with Gasteiger partial charge >= 0.3 is 6.21 Å². The maximum absolute atomic E-state index is 12.1. The minimum atomic E-state index is -0.307. The maximum Gasteiger partial charge on any atom is 0.323 e. The van der Waals surface area contributed by atoms with Crippen molar-refractivity contribution < 1.29 is 9.58 Å². The van der Waals surface area contributed by atoms with Crippen molar-refractivity contribution in [1.82, 2.24) is 0 Å². The Morgan fingerprint density at radius 3 is 2.44 bits per heavy atom. The fraction of sp³-hybridized carbons (Fsp3) is 0.833. The lowest BCUT2D eigenvalue weighted by atomic mass is 9.48. The molecule has 4 heteroatoms. The lowest BCUT2D eigenvalue weighted by Crippen LogP contribution is -2.56. The third-order valence-electron chi connectivity index (χ3n) is 4.69. The number of Topliss-reactive ketones (excluding diaryl/α,β-unsaturated/α-hetero) is 1. The van der Waals surface area contributed by atoms with E-state index in [1.807, 2.05) is 0 Å². The first kappa shape index (κ1) is 10.5. The lowest BCUT2D eigenvalue weighted by molar-refractivity contribution is -0.138. The van der Waals surface area contributed by atoms with Gasteiger partial charge in [-0.3, -0.25) is 4.79 Å². The summed E-state index contributed by atoms with van der Waals surface area (Å²) in [4.78, 5) is 14.8. The van der Waals surface area contributed by atoms with E-state index >= 15 is 0 Å². The average Bonchev–Trinajstić information content (AvgIpc) is 2.13. The van der Waals surface area contributed by atoms with E-state index in [1.165, 1.54) is 6.42 Å². The number of hydrogen-bond acceptors (Lipinski definition) is 1. The van der Waals surface area contributed by atoms with Crippen LogP contribution in [0.1, 0.15) is 38.5 Å². The first-order valence-corrected chi connectivity index (χ1v) is 6.34. The van der Waals surface area contributed by atoms with E-state index in [1.54, 1.807) is 0 Å². The second-order valence-electron chi connectivity index (χ2n) is 6.00. The SMILES string of the molecule is [N-]=[N+]=CC(=O)C12C[C@@H]3C[C@@H](CC(Cl)(C3)C1)C2. The van der Waals surface area contributed by atoms with Crippen molar-refractivity contribution >= 4 is 23.6 Å². The molecule has 0 spiro atoms. The number of ketones is 1. The molecule has 0 aromatic carbocycles. The van der Waals surface area contributed by atoms with Gasteiger partial charge in [0.25, 0.3) is 0 Å². The van der Waals surface area contributed by atoms with Crippen LogP contribution in [0.25, 0.3) is 5.53 Å². The molecule has 4 bridgehead atoms. The van der Waals surface area contributed by atoms with Crippen LogP contribution in [0.4, 0.5) is 0 Å². The molecule has 4 rings (SSSR count). The van der Waals surface area contributed by atoms with E-state index in [2.05, 4.69) is 4.79 Å². The molecule has 0 N–H and O–H groups in total. The average molecular weight is 239 g/mol. The van der Waals surface area contributed by atoms with Crippen LogP contribution in [0.15, 0.2) is 0 Å². The highest BCUT2D eigenvalue weighted by Crippen LogP contribution is 2.63. The predicted octanol–water partition coefficient (Wildman–Crippen LogP) is 2.43. The van der Waals surface area contributed by atoms with Crippen LogP contribution in [-0.2, 0) is 4.79 Å². The van der Waals surface area contributed by atoms with Crippen molar-refractivity contribution in [2.45, 2.75) is 43.4 Å². The normalized spacial score (nSPS) is 48.8. The molecule has 0 aromatic rings. The number of alkyl halides is 1. The van der Waals surface area contributed by atoms with Crippen molar-refractivity contribution in [2.24, 2.45) is 17.3 Å². The largest absolute Gasteiger partial charge is 0.361 e. The predicted molar refractivity (Wildman–Crippen MR) is 60.4 cm³/mol. The first-order valence-electron chi connectivity index (χ1n) is 5.96. The summed E-state index contributed by atoms with van der Waals surface area (Å²) in [5, 5.41) is 0. The quantitative estimate of drug-likeness (QED) is 0.316. The monoisotopic (exact) mass is 238 g/mol. The second kappa shape index (κ2) is 3.18. The molecule has 4 aliphatic rings. The Labute approximate surface area is 99.8 Å². The van der Waals surface area contributed by atoms with Gasteiger partial charge in [0.1, 0.15) is 0 Å². The second-order valence-corrected chi connectivity index (χ2v) is 6.80. The van der Waals surface area contributed by atoms with E-state index in [9.17, 15) is 4.79 Å². The zero-order valence-corrected chi connectivity index (χ0v) is 9.91. The van der Waals surface area contributed by atoms with Crippen molar-refractivity contribution in [3.63, 3.8) is 0 Å². The Bertz CT molecular complexity index is 386. The Balaban J connectivity index is 1.97. The van der Waals surface area contributed by atoms with Crippen molar-refractivity contribution in [2.75, 3.05) is 0 Å². The molecule has 4 saturated carbocycles. The number of hydrogen-bond donors (Lipinski definition) is 0. The van der Waals surface area contributed by atoms with E-state index in [4.69, 9.17) is 17.1 Å². The Kier molecular flexibility index (Phi) is 2.08. The highest BCUT2D eigenvalue weighted by Gasteiger charge is 2.60. The molecule has 0 heterocycles. The Hall–Kier alpha value is -0.660. The van der Waals surface area contributed by atoms with Gasteiger partial charge in [-0.2, -0.15) is 4.79 Å². The zero-order chi connectivity index (χ0) is 11.4. The van der Waals surface area contributed by atoms with Gasteiger partial charge in [-0.15, -0.1) is 11.6 Å². The van der Waals surface area contributed by atoms with Crippen molar-refractivity contribution in [3.8, 4) is 0 Å². The minimum Gasteiger partial charge on any atom is -0.361 e. The molecule has 4 aliphatic carbocycles. The van der Waals surface area contributed by atoms with Crippen LogP contribution < -0.4 is 0 Å². The summed E-state index contributed by atoms with van der Waals surface area (Å²) in [5.74, 6) is 1.19. The van der Waals surface area contributed by atoms with Gasteiger partial charge in [0.2, 0.25) is 5.78 Å². The summed E-state index contributed by atoms with van der Waals surface area (Å²) < 4.78 is 0. The van der Waals surface area contributed by atoms with Gasteiger partial charge in [0.05, 0.1) is 0 Å². The molecular formula is C12H15ClN2O. The Morgan fingerprint density at radius 2 is 1.94 bits per heavy atom. The highest BCUT2D eigenvalue weighted by atomic mass is 35.5. The standard InChI is InChI=1S/C12H15ClN2O/c13-12-4-8-1-9(5-12)3-11(2-8,7-12)10(16)6-15-14/h6,8-9H,1-5,7H2/t8-,9+,11?,12?. The number of halogens is 1. The summed E-state index contributed by atoms with van der Waals surface area (Å²) in [6.45, 7) is 0. The number of carbonyl (C=O) groups is 1. The number of carbonyl (C=O) groups excluding carboxylic acids is 1. The third kappa shape index (κ3) is 1.38. The van der Waals surface area contributed by atoms with Gasteiger partial charge in [-0.1, -0.05) is 0 Å². The molecule has 86 valence electrons. The van der Waals surface area contributed by atoms with E-state index < -0.39 is 0 Å². The summed E-state index contributed by atoms with van der Waals surface area (Å²) in [6.07, 6.45) is 7.12. The van der Waals surface area contributed by atoms with Crippen LogP contribution in [0, 0.1) is 17.3 Å². The highest BCUT2D eigenvalue weighted by molar-refractivity contribution is 6.29. The van der Waals surface area contributed by atoms with Gasteiger partial charge < -0.3 is 5.53 Å². The molecule has 3 nitrogen and oxygen atoms in total. The fourth-order valence-corrected chi connectivity index (χ4v) is 5.32. The van der Waals surface area contributed by atoms with E-state index in [-0.39, 0.29) is 16.1 Å². The molecule has 4 fully saturated rings. The van der Waals surface area contributed by atoms with Crippen LogP contribution in [0.5, 0.6) is 0 Å². The van der Waals surface area contributed by atoms with Crippen molar-refractivity contribution in [1.29, 1.82) is 0 Å². The molecule has 0 amide bonds. The molecule has 2 unspecified atom stereocenters. The Morgan fingerprint density at radius 1 is 1.31 bits per heavy atom. The molecule has 0 radical (unpaired) electrons. The summed E-state index contributed by atoms with van der Waals surface area (Å²) in [6, 6.07) is 0. The molecule has 16 heavy (non-hydrogen) atoms. The summed E-state index contributed by atoms with van der Waals surface area (Å²) in [7, 11) is 0. The molecule has 4 atom stereocenters. The number of nitrogens with zero attached hydrogens (tertiary/aromatic N) is 2. The van der Waals surface area contributed by atoms with Crippen LogP contribution >= 0.6 is 11.6 Å². The van der Waals surface area contributed by atoms with Crippen molar-refractivity contribution in [3.05, 3.63) is 5.53 Å². The third-order valence-corrected chi connectivity index (χ3v) is 5.13. The summed E-state index contributed by atoms with van der Waals surface area (Å²) in [5.41, 5.74) is 8.21. The van der Waals surface area contributed by atoms with E-state index in [0.29, 0.717) is 11.8 Å². The molecule has 0 aromatic heterocycles. The lowest BCUT2D eigenvalue weighted by Gasteiger charge is -2.58. The van der Waals surface area contributed by atoms with Gasteiger partial charge in [0.15, 0.2) is 0 Å². The van der Waals surface area contributed by atoms with Gasteiger partial charge in [-0.05, 0) is 50.4 Å². The molecular weight excluding hydrogens is 224 g/mol. The maximum atomic E-state index is 12.1. The topological polar surface area (TPSA) is 53.5 Å².